The maximum absolute atomic E-state index is 12.5. The maximum Gasteiger partial charge on any atom is 0.242 e. The van der Waals surface area contributed by atoms with Crippen LogP contribution in [0.25, 0.3) is 0 Å². The van der Waals surface area contributed by atoms with Gasteiger partial charge in [0.25, 0.3) is 0 Å². The standard InChI is InChI=1S/C21H28N2O5S/c1-16(19-15-17(27-3)12-13-20(19)28-4)22-21(24)11-8-14-23(2)29(25,26)18-9-6-5-7-10-18/h5-7,9-10,12-13,15-16H,8,11,14H2,1-4H3,(H,22,24). The van der Waals surface area contributed by atoms with E-state index in [1.54, 1.807) is 56.7 Å². The minimum Gasteiger partial charge on any atom is -0.497 e. The summed E-state index contributed by atoms with van der Waals surface area (Å²) in [5, 5.41) is 2.92. The van der Waals surface area contributed by atoms with Crippen molar-refractivity contribution < 1.29 is 22.7 Å². The van der Waals surface area contributed by atoms with E-state index in [1.807, 2.05) is 13.0 Å². The molecule has 7 nitrogen and oxygen atoms in total. The van der Waals surface area contributed by atoms with E-state index >= 15 is 0 Å². The fourth-order valence-electron chi connectivity index (χ4n) is 2.92. The molecule has 0 saturated heterocycles. The molecule has 1 N–H and O–H groups in total. The maximum atomic E-state index is 12.5. The van der Waals surface area contributed by atoms with Crippen LogP contribution in [0.4, 0.5) is 0 Å². The van der Waals surface area contributed by atoms with Crippen molar-refractivity contribution >= 4 is 15.9 Å². The molecule has 29 heavy (non-hydrogen) atoms. The second kappa shape index (κ2) is 10.3. The van der Waals surface area contributed by atoms with Gasteiger partial charge in [0.1, 0.15) is 11.5 Å². The van der Waals surface area contributed by atoms with Crippen LogP contribution in [0.3, 0.4) is 0 Å². The number of carbonyl (C=O) groups excluding carboxylic acids is 1. The lowest BCUT2D eigenvalue weighted by atomic mass is 10.1. The Hall–Kier alpha value is -2.58. The van der Waals surface area contributed by atoms with E-state index in [2.05, 4.69) is 5.32 Å². The van der Waals surface area contributed by atoms with Crippen LogP contribution >= 0.6 is 0 Å². The average molecular weight is 421 g/mol. The molecular formula is C21H28N2O5S. The van der Waals surface area contributed by atoms with Gasteiger partial charge in [-0.2, -0.15) is 0 Å². The topological polar surface area (TPSA) is 84.9 Å². The molecule has 0 aliphatic rings. The molecule has 0 aromatic heterocycles. The second-order valence-corrected chi connectivity index (χ2v) is 8.69. The Balaban J connectivity index is 1.90. The molecule has 158 valence electrons. The van der Waals surface area contributed by atoms with E-state index < -0.39 is 10.0 Å². The molecule has 2 rings (SSSR count). The van der Waals surface area contributed by atoms with E-state index in [0.29, 0.717) is 17.9 Å². The van der Waals surface area contributed by atoms with Crippen molar-refractivity contribution in [2.75, 3.05) is 27.8 Å². The van der Waals surface area contributed by atoms with Crippen LogP contribution < -0.4 is 14.8 Å². The monoisotopic (exact) mass is 420 g/mol. The molecule has 0 fully saturated rings. The highest BCUT2D eigenvalue weighted by atomic mass is 32.2. The van der Waals surface area contributed by atoms with Gasteiger partial charge in [-0.15, -0.1) is 0 Å². The zero-order chi connectivity index (χ0) is 21.4. The molecule has 0 spiro atoms. The third-order valence-electron chi connectivity index (χ3n) is 4.61. The Morgan fingerprint density at radius 3 is 2.41 bits per heavy atom. The Morgan fingerprint density at radius 1 is 1.10 bits per heavy atom. The number of nitrogens with zero attached hydrogens (tertiary/aromatic N) is 1. The number of hydrogen-bond acceptors (Lipinski definition) is 5. The molecule has 2 aromatic rings. The third-order valence-corrected chi connectivity index (χ3v) is 6.48. The van der Waals surface area contributed by atoms with E-state index in [1.165, 1.54) is 11.4 Å². The van der Waals surface area contributed by atoms with Gasteiger partial charge in [-0.05, 0) is 43.7 Å². The summed E-state index contributed by atoms with van der Waals surface area (Å²) in [6, 6.07) is 13.4. The molecule has 0 aliphatic heterocycles. The van der Waals surface area contributed by atoms with Gasteiger partial charge in [-0.25, -0.2) is 12.7 Å². The molecule has 1 unspecified atom stereocenters. The van der Waals surface area contributed by atoms with Gasteiger partial charge >= 0.3 is 0 Å². The van der Waals surface area contributed by atoms with E-state index in [-0.39, 0.29) is 29.8 Å². The zero-order valence-corrected chi connectivity index (χ0v) is 18.0. The predicted molar refractivity (Wildman–Crippen MR) is 112 cm³/mol. The Bertz CT molecular complexity index is 916. The highest BCUT2D eigenvalue weighted by Crippen LogP contribution is 2.29. The summed E-state index contributed by atoms with van der Waals surface area (Å²) in [6.45, 7) is 2.11. The Morgan fingerprint density at radius 2 is 1.79 bits per heavy atom. The van der Waals surface area contributed by atoms with Crippen molar-refractivity contribution in [3.8, 4) is 11.5 Å². The number of sulfonamides is 1. The lowest BCUT2D eigenvalue weighted by Gasteiger charge is -2.19. The summed E-state index contributed by atoms with van der Waals surface area (Å²) >= 11 is 0. The van der Waals surface area contributed by atoms with E-state index in [9.17, 15) is 13.2 Å². The van der Waals surface area contributed by atoms with Crippen LogP contribution in [0.5, 0.6) is 11.5 Å². The van der Waals surface area contributed by atoms with Gasteiger partial charge < -0.3 is 14.8 Å². The molecule has 0 heterocycles. The fourth-order valence-corrected chi connectivity index (χ4v) is 4.15. The highest BCUT2D eigenvalue weighted by molar-refractivity contribution is 7.89. The normalized spacial score (nSPS) is 12.4. The average Bonchev–Trinajstić information content (AvgIpc) is 2.73. The minimum atomic E-state index is -3.55. The first-order valence-electron chi connectivity index (χ1n) is 9.32. The van der Waals surface area contributed by atoms with Crippen LogP contribution in [-0.2, 0) is 14.8 Å². The van der Waals surface area contributed by atoms with Crippen LogP contribution in [-0.4, -0.2) is 46.4 Å². The van der Waals surface area contributed by atoms with Crippen molar-refractivity contribution in [1.82, 2.24) is 9.62 Å². The first kappa shape index (κ1) is 22.7. The molecular weight excluding hydrogens is 392 g/mol. The number of nitrogens with one attached hydrogen (secondary N) is 1. The van der Waals surface area contributed by atoms with Gasteiger partial charge in [-0.1, -0.05) is 18.2 Å². The predicted octanol–water partition coefficient (Wildman–Crippen LogP) is 2.98. The largest absolute Gasteiger partial charge is 0.497 e. The lowest BCUT2D eigenvalue weighted by Crippen LogP contribution is -2.30. The van der Waals surface area contributed by atoms with E-state index in [0.717, 1.165) is 5.56 Å². The molecule has 1 atom stereocenters. The first-order chi connectivity index (χ1) is 13.8. The number of methoxy groups -OCH3 is 2. The van der Waals surface area contributed by atoms with Crippen molar-refractivity contribution in [1.29, 1.82) is 0 Å². The zero-order valence-electron chi connectivity index (χ0n) is 17.2. The van der Waals surface area contributed by atoms with Crippen molar-refractivity contribution in [2.45, 2.75) is 30.7 Å². The van der Waals surface area contributed by atoms with Crippen molar-refractivity contribution in [3.63, 3.8) is 0 Å². The number of rotatable bonds is 10. The number of hydrogen-bond donors (Lipinski definition) is 1. The highest BCUT2D eigenvalue weighted by Gasteiger charge is 2.20. The summed E-state index contributed by atoms with van der Waals surface area (Å²) in [4.78, 5) is 12.6. The van der Waals surface area contributed by atoms with E-state index in [4.69, 9.17) is 9.47 Å². The lowest BCUT2D eigenvalue weighted by molar-refractivity contribution is -0.121. The second-order valence-electron chi connectivity index (χ2n) is 6.64. The summed E-state index contributed by atoms with van der Waals surface area (Å²) in [5.74, 6) is 1.18. The molecule has 2 aromatic carbocycles. The number of benzene rings is 2. The molecule has 8 heteroatoms. The van der Waals surface area contributed by atoms with Crippen LogP contribution in [0, 0.1) is 0 Å². The summed E-state index contributed by atoms with van der Waals surface area (Å²) < 4.78 is 36.9. The SMILES string of the molecule is COc1ccc(OC)c(C(C)NC(=O)CCCN(C)S(=O)(=O)c2ccccc2)c1. The van der Waals surface area contributed by atoms with Gasteiger partial charge in [0.05, 0.1) is 25.2 Å². The fraction of sp³-hybridized carbons (Fsp3) is 0.381. The molecule has 0 radical (unpaired) electrons. The van der Waals surface area contributed by atoms with Crippen LogP contribution in [0.15, 0.2) is 53.4 Å². The number of carbonyl (C=O) groups is 1. The number of ether oxygens (including phenoxy) is 2. The Labute approximate surface area is 172 Å². The van der Waals surface area contributed by atoms with Crippen LogP contribution in [0.2, 0.25) is 0 Å². The van der Waals surface area contributed by atoms with Gasteiger partial charge in [-0.3, -0.25) is 4.79 Å². The van der Waals surface area contributed by atoms with Crippen molar-refractivity contribution in [2.24, 2.45) is 0 Å². The molecule has 0 bridgehead atoms. The minimum absolute atomic E-state index is 0.159. The summed E-state index contributed by atoms with van der Waals surface area (Å²) in [7, 11) is 1.12. The molecule has 1 amide bonds. The third kappa shape index (κ3) is 5.95. The number of amides is 1. The van der Waals surface area contributed by atoms with Crippen LogP contribution in [0.1, 0.15) is 31.4 Å². The Kier molecular flexibility index (Phi) is 8.04. The smallest absolute Gasteiger partial charge is 0.242 e. The van der Waals surface area contributed by atoms with Gasteiger partial charge in [0, 0.05) is 25.6 Å². The van der Waals surface area contributed by atoms with Gasteiger partial charge in [0.15, 0.2) is 0 Å². The van der Waals surface area contributed by atoms with Gasteiger partial charge in [0.2, 0.25) is 15.9 Å². The quantitative estimate of drug-likeness (QED) is 0.639. The van der Waals surface area contributed by atoms with Crippen molar-refractivity contribution in [3.05, 3.63) is 54.1 Å². The molecule has 0 aliphatic carbocycles. The summed E-state index contributed by atoms with van der Waals surface area (Å²) in [6.07, 6.45) is 0.627. The molecule has 0 saturated carbocycles. The first-order valence-corrected chi connectivity index (χ1v) is 10.8. The summed E-state index contributed by atoms with van der Waals surface area (Å²) in [5.41, 5.74) is 0.809.